The number of alkyl carbamates (subject to hydrolysis) is 1. The maximum atomic E-state index is 11.9. The first-order chi connectivity index (χ1) is 10.4. The van der Waals surface area contributed by atoms with Gasteiger partial charge in [0.25, 0.3) is 0 Å². The lowest BCUT2D eigenvalue weighted by Crippen LogP contribution is -2.41. The highest BCUT2D eigenvalue weighted by molar-refractivity contribution is 6.55. The van der Waals surface area contributed by atoms with E-state index < -0.39 is 30.0 Å². The Hall–Kier alpha value is -1.47. The lowest BCUT2D eigenvalue weighted by Gasteiger charge is -2.32. The molecule has 0 aromatic rings. The van der Waals surface area contributed by atoms with Gasteiger partial charge in [-0.3, -0.25) is 5.32 Å². The number of ether oxygens (including phenoxy) is 1. The monoisotopic (exact) mass is 322 g/mol. The number of hydrogen-bond acceptors (Lipinski definition) is 5. The number of carbonyl (C=O) groups is 1. The van der Waals surface area contributed by atoms with E-state index in [1.165, 1.54) is 0 Å². The Morgan fingerprint density at radius 1 is 1.26 bits per heavy atom. The van der Waals surface area contributed by atoms with Crippen molar-refractivity contribution in [2.75, 3.05) is 6.54 Å². The summed E-state index contributed by atoms with van der Waals surface area (Å²) in [5.74, 6) is 0. The minimum atomic E-state index is -0.531. The van der Waals surface area contributed by atoms with E-state index in [-0.39, 0.29) is 0 Å². The molecule has 0 saturated carbocycles. The standard InChI is InChI=1S/C16H27BN2O4/c1-14(2,3)21-13(20)19-12-8-11(9-18-10-12)17-22-15(4,5)16(6,7)23-17/h8-9,18H,10H2,1-7H3,(H,19,20). The summed E-state index contributed by atoms with van der Waals surface area (Å²) in [6.07, 6.45) is 3.24. The largest absolute Gasteiger partial charge is 0.496 e. The van der Waals surface area contributed by atoms with Crippen molar-refractivity contribution in [1.82, 2.24) is 10.6 Å². The van der Waals surface area contributed by atoms with Crippen LogP contribution < -0.4 is 10.6 Å². The number of amides is 1. The van der Waals surface area contributed by atoms with E-state index in [1.54, 1.807) is 0 Å². The van der Waals surface area contributed by atoms with Crippen LogP contribution in [0, 0.1) is 0 Å². The fourth-order valence-corrected chi connectivity index (χ4v) is 2.20. The van der Waals surface area contributed by atoms with Gasteiger partial charge in [-0.2, -0.15) is 0 Å². The predicted molar refractivity (Wildman–Crippen MR) is 89.6 cm³/mol. The maximum Gasteiger partial charge on any atom is 0.496 e. The van der Waals surface area contributed by atoms with Gasteiger partial charge in [0, 0.05) is 5.70 Å². The summed E-state index contributed by atoms with van der Waals surface area (Å²) in [7, 11) is -0.469. The van der Waals surface area contributed by atoms with Crippen LogP contribution in [-0.2, 0) is 14.0 Å². The van der Waals surface area contributed by atoms with Crippen LogP contribution in [0.15, 0.2) is 23.4 Å². The van der Waals surface area contributed by atoms with E-state index in [0.29, 0.717) is 12.2 Å². The molecule has 2 aliphatic rings. The van der Waals surface area contributed by atoms with Crippen molar-refractivity contribution in [3.8, 4) is 0 Å². The molecule has 0 aromatic heterocycles. The van der Waals surface area contributed by atoms with Crippen molar-refractivity contribution < 1.29 is 18.8 Å². The Balaban J connectivity index is 2.04. The Labute approximate surface area is 138 Å². The summed E-state index contributed by atoms with van der Waals surface area (Å²) in [6, 6.07) is 0. The SMILES string of the molecule is CC(C)(C)OC(=O)NC1=CC(B2OC(C)(C)C(C)(C)O2)=CNC1. The third-order valence-corrected chi connectivity index (χ3v) is 4.09. The van der Waals surface area contributed by atoms with Gasteiger partial charge in [0.15, 0.2) is 0 Å². The lowest BCUT2D eigenvalue weighted by molar-refractivity contribution is 0.00578. The van der Waals surface area contributed by atoms with Gasteiger partial charge in [-0.05, 0) is 66.2 Å². The zero-order valence-corrected chi connectivity index (χ0v) is 15.1. The first-order valence-electron chi connectivity index (χ1n) is 7.89. The van der Waals surface area contributed by atoms with Crippen LogP contribution in [0.3, 0.4) is 0 Å². The van der Waals surface area contributed by atoms with Gasteiger partial charge in [0.1, 0.15) is 5.60 Å². The van der Waals surface area contributed by atoms with Crippen molar-refractivity contribution in [2.24, 2.45) is 0 Å². The minimum Gasteiger partial charge on any atom is -0.444 e. The molecule has 0 spiro atoms. The van der Waals surface area contributed by atoms with Crippen LogP contribution in [0.5, 0.6) is 0 Å². The third-order valence-electron chi connectivity index (χ3n) is 4.09. The lowest BCUT2D eigenvalue weighted by atomic mass is 9.77. The molecule has 1 amide bonds. The zero-order chi connectivity index (χ0) is 17.5. The van der Waals surface area contributed by atoms with Gasteiger partial charge in [-0.15, -0.1) is 0 Å². The van der Waals surface area contributed by atoms with Crippen LogP contribution in [-0.4, -0.2) is 36.6 Å². The summed E-state index contributed by atoms with van der Waals surface area (Å²) in [5, 5.41) is 5.88. The molecule has 128 valence electrons. The topological polar surface area (TPSA) is 68.8 Å². The van der Waals surface area contributed by atoms with Gasteiger partial charge in [0.05, 0.1) is 17.7 Å². The highest BCUT2D eigenvalue weighted by Gasteiger charge is 2.52. The van der Waals surface area contributed by atoms with E-state index in [0.717, 1.165) is 5.47 Å². The number of nitrogens with one attached hydrogen (secondary N) is 2. The van der Waals surface area contributed by atoms with Gasteiger partial charge >= 0.3 is 13.2 Å². The highest BCUT2D eigenvalue weighted by atomic mass is 16.7. The van der Waals surface area contributed by atoms with Crippen LogP contribution in [0.2, 0.25) is 0 Å². The average molecular weight is 322 g/mol. The smallest absolute Gasteiger partial charge is 0.444 e. The van der Waals surface area contributed by atoms with Crippen molar-refractivity contribution in [3.05, 3.63) is 23.4 Å². The van der Waals surface area contributed by atoms with Crippen molar-refractivity contribution in [2.45, 2.75) is 65.3 Å². The molecule has 0 radical (unpaired) electrons. The van der Waals surface area contributed by atoms with Crippen LogP contribution in [0.1, 0.15) is 48.5 Å². The molecule has 2 aliphatic heterocycles. The Bertz CT molecular complexity index is 531. The first kappa shape index (κ1) is 17.9. The van der Waals surface area contributed by atoms with E-state index in [2.05, 4.69) is 10.6 Å². The van der Waals surface area contributed by atoms with Crippen molar-refractivity contribution in [1.29, 1.82) is 0 Å². The summed E-state index contributed by atoms with van der Waals surface area (Å²) < 4.78 is 17.3. The molecule has 2 rings (SSSR count). The molecule has 0 unspecified atom stereocenters. The average Bonchev–Trinajstić information content (AvgIpc) is 2.56. The predicted octanol–water partition coefficient (Wildman–Crippen LogP) is 2.51. The van der Waals surface area contributed by atoms with Crippen LogP contribution >= 0.6 is 0 Å². The highest BCUT2D eigenvalue weighted by Crippen LogP contribution is 2.38. The van der Waals surface area contributed by atoms with Crippen molar-refractivity contribution >= 4 is 13.2 Å². The second-order valence-corrected chi connectivity index (χ2v) is 7.91. The van der Waals surface area contributed by atoms with Crippen LogP contribution in [0.4, 0.5) is 4.79 Å². The quantitative estimate of drug-likeness (QED) is 0.765. The molecule has 0 aliphatic carbocycles. The number of dihydropyridines is 1. The summed E-state index contributed by atoms with van der Waals surface area (Å²) in [4.78, 5) is 11.9. The Morgan fingerprint density at radius 3 is 2.35 bits per heavy atom. The van der Waals surface area contributed by atoms with E-state index in [1.807, 2.05) is 60.7 Å². The molecule has 6 nitrogen and oxygen atoms in total. The Morgan fingerprint density at radius 2 is 1.83 bits per heavy atom. The zero-order valence-electron chi connectivity index (χ0n) is 15.1. The fraction of sp³-hybridized carbons (Fsp3) is 0.688. The summed E-state index contributed by atoms with van der Waals surface area (Å²) in [5.41, 5.74) is 0.217. The molecule has 23 heavy (non-hydrogen) atoms. The van der Waals surface area contributed by atoms with Gasteiger partial charge in [0.2, 0.25) is 0 Å². The van der Waals surface area contributed by atoms with Crippen LogP contribution in [0.25, 0.3) is 0 Å². The molecular weight excluding hydrogens is 295 g/mol. The van der Waals surface area contributed by atoms with E-state index in [4.69, 9.17) is 14.0 Å². The minimum absolute atomic E-state index is 0.400. The fourth-order valence-electron chi connectivity index (χ4n) is 2.20. The summed E-state index contributed by atoms with van der Waals surface area (Å²) >= 11 is 0. The number of rotatable bonds is 2. The molecule has 0 atom stereocenters. The summed E-state index contributed by atoms with van der Waals surface area (Å²) in [6.45, 7) is 14.0. The number of carbonyl (C=O) groups excluding carboxylic acids is 1. The van der Waals surface area contributed by atoms with Crippen molar-refractivity contribution in [3.63, 3.8) is 0 Å². The van der Waals surface area contributed by atoms with Gasteiger partial charge in [-0.25, -0.2) is 4.79 Å². The molecule has 1 saturated heterocycles. The Kier molecular flexibility index (Phi) is 4.56. The number of allylic oxidation sites excluding steroid dienone is 2. The number of hydrogen-bond donors (Lipinski definition) is 2. The molecular formula is C16H27BN2O4. The second-order valence-electron chi connectivity index (χ2n) is 7.91. The molecule has 2 heterocycles. The molecule has 1 fully saturated rings. The second kappa shape index (κ2) is 5.87. The molecule has 7 heteroatoms. The first-order valence-corrected chi connectivity index (χ1v) is 7.89. The normalized spacial score (nSPS) is 22.8. The van der Waals surface area contributed by atoms with E-state index in [9.17, 15) is 4.79 Å². The van der Waals surface area contributed by atoms with Gasteiger partial charge in [-0.1, -0.05) is 0 Å². The molecule has 2 N–H and O–H groups in total. The van der Waals surface area contributed by atoms with E-state index >= 15 is 0 Å². The third kappa shape index (κ3) is 4.29. The maximum absolute atomic E-state index is 11.9. The molecule has 0 aromatic carbocycles. The molecule has 0 bridgehead atoms. The van der Waals surface area contributed by atoms with Gasteiger partial charge < -0.3 is 19.4 Å².